The van der Waals surface area contributed by atoms with E-state index in [1.54, 1.807) is 6.26 Å². The molecule has 0 atom stereocenters. The first-order valence-electron chi connectivity index (χ1n) is 6.80. The number of nitrogens with one attached hydrogen (secondary N) is 1. The molecule has 1 aromatic heterocycles. The van der Waals surface area contributed by atoms with E-state index in [0.29, 0.717) is 6.42 Å². The zero-order valence-electron chi connectivity index (χ0n) is 10.7. The molecule has 0 bridgehead atoms. The topological polar surface area (TPSA) is 45.5 Å². The first kappa shape index (κ1) is 11.8. The lowest BCUT2D eigenvalue weighted by Crippen LogP contribution is -2.57. The fourth-order valence-electron chi connectivity index (χ4n) is 3.16. The first-order chi connectivity index (χ1) is 8.76. The van der Waals surface area contributed by atoms with Gasteiger partial charge in [-0.15, -0.1) is 0 Å². The monoisotopic (exact) mass is 248 g/mol. The Kier molecular flexibility index (Phi) is 3.12. The summed E-state index contributed by atoms with van der Waals surface area (Å²) in [5, 5.41) is 3.23. The minimum Gasteiger partial charge on any atom is -0.472 e. The van der Waals surface area contributed by atoms with Crippen molar-refractivity contribution in [2.75, 3.05) is 13.1 Å². The third kappa shape index (κ3) is 2.43. The van der Waals surface area contributed by atoms with Gasteiger partial charge in [0.05, 0.1) is 12.5 Å². The third-order valence-electron chi connectivity index (χ3n) is 4.26. The highest BCUT2D eigenvalue weighted by molar-refractivity contribution is 5.77. The Labute approximate surface area is 107 Å². The van der Waals surface area contributed by atoms with Crippen LogP contribution in [-0.2, 0) is 11.3 Å². The number of nitrogens with zero attached hydrogens (tertiary/aromatic N) is 1. The molecule has 2 saturated heterocycles. The molecule has 1 spiro atoms. The van der Waals surface area contributed by atoms with Crippen molar-refractivity contribution >= 4 is 5.91 Å². The molecule has 1 aromatic rings. The van der Waals surface area contributed by atoms with E-state index in [-0.39, 0.29) is 11.4 Å². The van der Waals surface area contributed by atoms with Crippen LogP contribution < -0.4 is 5.32 Å². The van der Waals surface area contributed by atoms with Crippen molar-refractivity contribution in [2.24, 2.45) is 0 Å². The summed E-state index contributed by atoms with van der Waals surface area (Å²) >= 11 is 0. The van der Waals surface area contributed by atoms with E-state index in [1.165, 1.54) is 5.56 Å². The quantitative estimate of drug-likeness (QED) is 0.869. The van der Waals surface area contributed by atoms with Gasteiger partial charge in [-0.05, 0) is 31.7 Å². The van der Waals surface area contributed by atoms with Crippen molar-refractivity contribution in [3.05, 3.63) is 24.2 Å². The van der Waals surface area contributed by atoms with Gasteiger partial charge in [0.1, 0.15) is 0 Å². The Balaban J connectivity index is 1.56. The van der Waals surface area contributed by atoms with Gasteiger partial charge in [0.15, 0.2) is 0 Å². The van der Waals surface area contributed by atoms with Gasteiger partial charge in [-0.3, -0.25) is 9.69 Å². The van der Waals surface area contributed by atoms with Crippen LogP contribution in [0, 0.1) is 0 Å². The van der Waals surface area contributed by atoms with Crippen LogP contribution in [0.1, 0.15) is 37.7 Å². The summed E-state index contributed by atoms with van der Waals surface area (Å²) in [4.78, 5) is 14.0. The number of carbonyl (C=O) groups is 1. The molecule has 98 valence electrons. The van der Waals surface area contributed by atoms with E-state index in [1.807, 2.05) is 12.3 Å². The summed E-state index contributed by atoms with van der Waals surface area (Å²) in [6.45, 7) is 3.08. The van der Waals surface area contributed by atoms with Crippen molar-refractivity contribution < 1.29 is 9.21 Å². The number of amides is 1. The van der Waals surface area contributed by atoms with Gasteiger partial charge in [0.2, 0.25) is 5.91 Å². The Morgan fingerprint density at radius 3 is 2.83 bits per heavy atom. The summed E-state index contributed by atoms with van der Waals surface area (Å²) < 4.78 is 5.10. The standard InChI is InChI=1S/C14H20N2O2/c17-13-2-1-4-14(15-13)5-7-16(8-6-14)10-12-3-9-18-11-12/h3,9,11H,1-2,4-8,10H2,(H,15,17). The summed E-state index contributed by atoms with van der Waals surface area (Å²) in [5.41, 5.74) is 1.33. The normalized spacial score (nSPS) is 24.1. The van der Waals surface area contributed by atoms with Crippen LogP contribution in [0.5, 0.6) is 0 Å². The fourth-order valence-corrected chi connectivity index (χ4v) is 3.16. The molecule has 2 fully saturated rings. The van der Waals surface area contributed by atoms with Crippen LogP contribution in [0.4, 0.5) is 0 Å². The van der Waals surface area contributed by atoms with Gasteiger partial charge in [-0.1, -0.05) is 0 Å². The molecule has 4 nitrogen and oxygen atoms in total. The second kappa shape index (κ2) is 4.76. The average molecular weight is 248 g/mol. The van der Waals surface area contributed by atoms with E-state index >= 15 is 0 Å². The Morgan fingerprint density at radius 1 is 1.33 bits per heavy atom. The smallest absolute Gasteiger partial charge is 0.220 e. The van der Waals surface area contributed by atoms with Crippen molar-refractivity contribution in [2.45, 2.75) is 44.2 Å². The number of hydrogen-bond donors (Lipinski definition) is 1. The number of rotatable bonds is 2. The van der Waals surface area contributed by atoms with E-state index < -0.39 is 0 Å². The zero-order valence-corrected chi connectivity index (χ0v) is 10.7. The van der Waals surface area contributed by atoms with E-state index in [0.717, 1.165) is 45.3 Å². The molecule has 1 N–H and O–H groups in total. The number of likely N-dealkylation sites (tertiary alicyclic amines) is 1. The Morgan fingerprint density at radius 2 is 2.17 bits per heavy atom. The van der Waals surface area contributed by atoms with Crippen LogP contribution in [-0.4, -0.2) is 29.4 Å². The highest BCUT2D eigenvalue weighted by Gasteiger charge is 2.37. The maximum absolute atomic E-state index is 11.5. The van der Waals surface area contributed by atoms with Crippen LogP contribution in [0.15, 0.2) is 23.0 Å². The zero-order chi connectivity index (χ0) is 12.4. The molecule has 0 aliphatic carbocycles. The third-order valence-corrected chi connectivity index (χ3v) is 4.26. The predicted octanol–water partition coefficient (Wildman–Crippen LogP) is 1.91. The Bertz CT molecular complexity index is 405. The van der Waals surface area contributed by atoms with Crippen molar-refractivity contribution in [3.63, 3.8) is 0 Å². The molecule has 3 heterocycles. The maximum Gasteiger partial charge on any atom is 0.220 e. The van der Waals surface area contributed by atoms with Crippen molar-refractivity contribution in [1.29, 1.82) is 0 Å². The van der Waals surface area contributed by atoms with E-state index in [4.69, 9.17) is 4.42 Å². The summed E-state index contributed by atoms with van der Waals surface area (Å²) in [6, 6.07) is 2.02. The van der Waals surface area contributed by atoms with E-state index in [2.05, 4.69) is 10.2 Å². The average Bonchev–Trinajstić information content (AvgIpc) is 2.85. The van der Waals surface area contributed by atoms with Gasteiger partial charge in [0.25, 0.3) is 0 Å². The second-order valence-electron chi connectivity index (χ2n) is 5.59. The highest BCUT2D eigenvalue weighted by atomic mass is 16.3. The molecule has 3 rings (SSSR count). The van der Waals surface area contributed by atoms with Crippen LogP contribution in [0.25, 0.3) is 0 Å². The van der Waals surface area contributed by atoms with Crippen LogP contribution >= 0.6 is 0 Å². The lowest BCUT2D eigenvalue weighted by atomic mass is 9.80. The minimum absolute atomic E-state index is 0.0994. The molecule has 4 heteroatoms. The fraction of sp³-hybridized carbons (Fsp3) is 0.643. The minimum atomic E-state index is 0.0994. The predicted molar refractivity (Wildman–Crippen MR) is 67.9 cm³/mol. The SMILES string of the molecule is O=C1CCCC2(CCN(Cc3ccoc3)CC2)N1. The molecular formula is C14H20N2O2. The molecule has 0 radical (unpaired) electrons. The van der Waals surface area contributed by atoms with Gasteiger partial charge >= 0.3 is 0 Å². The molecule has 0 saturated carbocycles. The summed E-state index contributed by atoms with van der Waals surface area (Å²) in [6.07, 6.45) is 8.61. The lowest BCUT2D eigenvalue weighted by molar-refractivity contribution is -0.126. The van der Waals surface area contributed by atoms with Gasteiger partial charge in [-0.25, -0.2) is 0 Å². The molecule has 0 unspecified atom stereocenters. The summed E-state index contributed by atoms with van der Waals surface area (Å²) in [5.74, 6) is 0.240. The second-order valence-corrected chi connectivity index (χ2v) is 5.59. The van der Waals surface area contributed by atoms with E-state index in [9.17, 15) is 4.79 Å². The molecule has 0 aromatic carbocycles. The molecule has 1 amide bonds. The molecular weight excluding hydrogens is 228 g/mol. The number of hydrogen-bond acceptors (Lipinski definition) is 3. The van der Waals surface area contributed by atoms with Crippen LogP contribution in [0.3, 0.4) is 0 Å². The van der Waals surface area contributed by atoms with Gasteiger partial charge in [0, 0.05) is 37.2 Å². The molecule has 18 heavy (non-hydrogen) atoms. The molecule has 2 aliphatic heterocycles. The van der Waals surface area contributed by atoms with Crippen molar-refractivity contribution in [1.82, 2.24) is 10.2 Å². The lowest BCUT2D eigenvalue weighted by Gasteiger charge is -2.44. The number of piperidine rings is 2. The largest absolute Gasteiger partial charge is 0.472 e. The first-order valence-corrected chi connectivity index (χ1v) is 6.80. The number of carbonyl (C=O) groups excluding carboxylic acids is 1. The summed E-state index contributed by atoms with van der Waals surface area (Å²) in [7, 11) is 0. The van der Waals surface area contributed by atoms with Gasteiger partial charge in [-0.2, -0.15) is 0 Å². The number of furan rings is 1. The Hall–Kier alpha value is -1.29. The van der Waals surface area contributed by atoms with Gasteiger partial charge < -0.3 is 9.73 Å². The highest BCUT2D eigenvalue weighted by Crippen LogP contribution is 2.31. The maximum atomic E-state index is 11.5. The molecule has 2 aliphatic rings. The van der Waals surface area contributed by atoms with Crippen LogP contribution in [0.2, 0.25) is 0 Å². The van der Waals surface area contributed by atoms with Crippen molar-refractivity contribution in [3.8, 4) is 0 Å².